The lowest BCUT2D eigenvalue weighted by molar-refractivity contribution is 1.62. The molecule has 0 radical (unpaired) electrons. The lowest BCUT2D eigenvalue weighted by Crippen LogP contribution is -1.90. The summed E-state index contributed by atoms with van der Waals surface area (Å²) in [5.74, 6) is 0. The first-order valence-corrected chi connectivity index (χ1v) is 16.7. The minimum absolute atomic E-state index is 1.23. The molecule has 0 fully saturated rings. The quantitative estimate of drug-likeness (QED) is 0.175. The van der Waals surface area contributed by atoms with Crippen molar-refractivity contribution < 1.29 is 0 Å². The molecule has 0 aromatic heterocycles. The van der Waals surface area contributed by atoms with Crippen LogP contribution in [-0.4, -0.2) is 0 Å². The van der Waals surface area contributed by atoms with Gasteiger partial charge in [0.1, 0.15) is 0 Å². The maximum Gasteiger partial charge on any atom is -0.00203 e. The first-order valence-electron chi connectivity index (χ1n) is 16.7. The summed E-state index contributed by atoms with van der Waals surface area (Å²) in [5, 5.41) is 12.9. The highest BCUT2D eigenvalue weighted by Crippen LogP contribution is 2.43. The molecule has 10 aromatic carbocycles. The molecule has 0 aliphatic rings. The van der Waals surface area contributed by atoms with E-state index in [4.69, 9.17) is 0 Å². The van der Waals surface area contributed by atoms with Crippen LogP contribution in [-0.2, 0) is 0 Å². The molecule has 10 rings (SSSR count). The molecule has 0 nitrogen and oxygen atoms in total. The van der Waals surface area contributed by atoms with E-state index in [-0.39, 0.29) is 0 Å². The minimum Gasteiger partial charge on any atom is -0.0616 e. The summed E-state index contributed by atoms with van der Waals surface area (Å²) in [4.78, 5) is 0. The van der Waals surface area contributed by atoms with Gasteiger partial charge in [0.25, 0.3) is 0 Å². The van der Waals surface area contributed by atoms with Gasteiger partial charge in [-0.3, -0.25) is 0 Å². The van der Waals surface area contributed by atoms with E-state index in [0.717, 1.165) is 0 Å². The summed E-state index contributed by atoms with van der Waals surface area (Å²) in [6.45, 7) is 0. The summed E-state index contributed by atoms with van der Waals surface area (Å²) in [7, 11) is 0. The van der Waals surface area contributed by atoms with Gasteiger partial charge in [0.2, 0.25) is 0 Å². The van der Waals surface area contributed by atoms with Gasteiger partial charge in [-0.1, -0.05) is 170 Å². The minimum atomic E-state index is 1.23. The Bertz CT molecular complexity index is 2810. The fourth-order valence-corrected chi connectivity index (χ4v) is 7.85. The molecule has 0 heteroatoms. The van der Waals surface area contributed by atoms with Crippen LogP contribution in [0.5, 0.6) is 0 Å². The molecule has 0 spiro atoms. The third-order valence-corrected chi connectivity index (χ3v) is 10.2. The smallest absolute Gasteiger partial charge is 0.00203 e. The fourth-order valence-electron chi connectivity index (χ4n) is 7.85. The van der Waals surface area contributed by atoms with E-state index >= 15 is 0 Å². The Hall–Kier alpha value is -6.24. The molecule has 0 atom stereocenters. The van der Waals surface area contributed by atoms with Gasteiger partial charge in [-0.25, -0.2) is 0 Å². The predicted octanol–water partition coefficient (Wildman–Crippen LogP) is 13.6. The van der Waals surface area contributed by atoms with Crippen LogP contribution in [0.1, 0.15) is 0 Å². The van der Waals surface area contributed by atoms with Gasteiger partial charge in [-0.05, 0) is 111 Å². The van der Waals surface area contributed by atoms with Crippen molar-refractivity contribution in [1.82, 2.24) is 0 Å². The number of hydrogen-bond acceptors (Lipinski definition) is 0. The summed E-state index contributed by atoms with van der Waals surface area (Å²) in [6.07, 6.45) is 0. The normalized spacial score (nSPS) is 11.8. The molecule has 0 aliphatic heterocycles. The zero-order valence-corrected chi connectivity index (χ0v) is 26.3. The molecule has 0 heterocycles. The van der Waals surface area contributed by atoms with Crippen LogP contribution in [0.4, 0.5) is 0 Å². The molecule has 0 N–H and O–H groups in total. The van der Waals surface area contributed by atoms with Gasteiger partial charge >= 0.3 is 0 Å². The fraction of sp³-hybridized carbons (Fsp3) is 0. The van der Waals surface area contributed by atoms with Crippen LogP contribution in [0.2, 0.25) is 0 Å². The highest BCUT2D eigenvalue weighted by atomic mass is 14.2. The third kappa shape index (κ3) is 4.24. The third-order valence-electron chi connectivity index (χ3n) is 10.2. The first kappa shape index (κ1) is 26.9. The van der Waals surface area contributed by atoms with E-state index < -0.39 is 0 Å². The maximum atomic E-state index is 2.35. The Morgan fingerprint density at radius 2 is 0.688 bits per heavy atom. The Balaban J connectivity index is 1.10. The van der Waals surface area contributed by atoms with E-state index in [1.807, 2.05) is 0 Å². The van der Waals surface area contributed by atoms with Gasteiger partial charge in [0.05, 0.1) is 0 Å². The average Bonchev–Trinajstić information content (AvgIpc) is 3.16. The van der Waals surface area contributed by atoms with Crippen molar-refractivity contribution >= 4 is 53.9 Å². The predicted molar refractivity (Wildman–Crippen MR) is 207 cm³/mol. The monoisotopic (exact) mass is 606 g/mol. The maximum absolute atomic E-state index is 2.35. The van der Waals surface area contributed by atoms with E-state index in [2.05, 4.69) is 182 Å². The number of rotatable bonds is 4. The van der Waals surface area contributed by atoms with E-state index in [0.29, 0.717) is 0 Å². The standard InChI is InChI=1S/C48H30/c1-2-9-37-29-39(22-15-31(37)7-1)38-11-5-12-40(30-38)44-26-24-36-21-20-35-23-25-43(45-27-28-46(44)48(36)47(35)45)34-18-16-33(17-19-34)42-14-6-10-32-8-3-4-13-41(32)42/h1-30H. The molecule has 0 saturated carbocycles. The van der Waals surface area contributed by atoms with Crippen LogP contribution in [0, 0.1) is 0 Å². The lowest BCUT2D eigenvalue weighted by atomic mass is 9.86. The lowest BCUT2D eigenvalue weighted by Gasteiger charge is -2.17. The van der Waals surface area contributed by atoms with Crippen LogP contribution in [0.3, 0.4) is 0 Å². The molecule has 48 heavy (non-hydrogen) atoms. The van der Waals surface area contributed by atoms with Crippen molar-refractivity contribution in [2.45, 2.75) is 0 Å². The van der Waals surface area contributed by atoms with Gasteiger partial charge in [-0.2, -0.15) is 0 Å². The van der Waals surface area contributed by atoms with E-state index in [1.54, 1.807) is 0 Å². The van der Waals surface area contributed by atoms with Gasteiger partial charge in [0.15, 0.2) is 0 Å². The van der Waals surface area contributed by atoms with Gasteiger partial charge in [-0.15, -0.1) is 0 Å². The highest BCUT2D eigenvalue weighted by Gasteiger charge is 2.16. The summed E-state index contributed by atoms with van der Waals surface area (Å²) in [5.41, 5.74) is 10.00. The van der Waals surface area contributed by atoms with Crippen LogP contribution in [0.25, 0.3) is 98.4 Å². The number of fused-ring (bicyclic) bond motifs is 2. The largest absolute Gasteiger partial charge is 0.0616 e. The van der Waals surface area contributed by atoms with Crippen molar-refractivity contribution in [1.29, 1.82) is 0 Å². The Kier molecular flexibility index (Phi) is 5.98. The van der Waals surface area contributed by atoms with Crippen molar-refractivity contribution in [3.05, 3.63) is 182 Å². The Morgan fingerprint density at radius 3 is 1.42 bits per heavy atom. The van der Waals surface area contributed by atoms with E-state index in [1.165, 1.54) is 98.4 Å². The van der Waals surface area contributed by atoms with Crippen molar-refractivity contribution in [2.24, 2.45) is 0 Å². The van der Waals surface area contributed by atoms with Crippen molar-refractivity contribution in [3.63, 3.8) is 0 Å². The van der Waals surface area contributed by atoms with Crippen LogP contribution < -0.4 is 0 Å². The summed E-state index contributed by atoms with van der Waals surface area (Å²) >= 11 is 0. The average molecular weight is 607 g/mol. The molecule has 0 saturated heterocycles. The van der Waals surface area contributed by atoms with Gasteiger partial charge < -0.3 is 0 Å². The SMILES string of the molecule is c1cc(-c2ccc3ccccc3c2)cc(-c2ccc3ccc4ccc(-c5ccc(-c6cccc7ccccc67)cc5)c5ccc2c3c45)c1. The molecular weight excluding hydrogens is 577 g/mol. The zero-order valence-electron chi connectivity index (χ0n) is 26.3. The highest BCUT2D eigenvalue weighted by molar-refractivity contribution is 6.27. The molecule has 10 aromatic rings. The Morgan fingerprint density at radius 1 is 0.208 bits per heavy atom. The molecule has 0 aliphatic carbocycles. The van der Waals surface area contributed by atoms with Gasteiger partial charge in [0, 0.05) is 0 Å². The molecule has 0 amide bonds. The molecular formula is C48H30. The summed E-state index contributed by atoms with van der Waals surface area (Å²) in [6, 6.07) is 67.1. The molecule has 222 valence electrons. The van der Waals surface area contributed by atoms with Crippen molar-refractivity contribution in [3.8, 4) is 44.5 Å². The topological polar surface area (TPSA) is 0 Å². The van der Waals surface area contributed by atoms with Crippen LogP contribution >= 0.6 is 0 Å². The van der Waals surface area contributed by atoms with Crippen molar-refractivity contribution in [2.75, 3.05) is 0 Å². The van der Waals surface area contributed by atoms with E-state index in [9.17, 15) is 0 Å². The number of hydrogen-bond donors (Lipinski definition) is 0. The second-order valence-corrected chi connectivity index (χ2v) is 12.9. The molecule has 0 unspecified atom stereocenters. The first-order chi connectivity index (χ1) is 23.8. The second kappa shape index (κ2) is 10.7. The second-order valence-electron chi connectivity index (χ2n) is 12.9. The zero-order chi connectivity index (χ0) is 31.6. The Labute approximate surface area is 279 Å². The van der Waals surface area contributed by atoms with Crippen LogP contribution in [0.15, 0.2) is 182 Å². The summed E-state index contributed by atoms with van der Waals surface area (Å²) < 4.78 is 0. The number of benzene rings is 10. The molecule has 0 bridgehead atoms.